The second-order valence-corrected chi connectivity index (χ2v) is 5.39. The Morgan fingerprint density at radius 1 is 1.25 bits per heavy atom. The number of hydrogen-bond donors (Lipinski definition) is 2. The zero-order chi connectivity index (χ0) is 14.4. The number of aromatic nitrogens is 2. The fourth-order valence-electron chi connectivity index (χ4n) is 2.45. The fraction of sp³-hybridized carbons (Fsp3) is 0.733. The van der Waals surface area contributed by atoms with E-state index < -0.39 is 0 Å². The van der Waals surface area contributed by atoms with Crippen LogP contribution in [0.2, 0.25) is 0 Å². The van der Waals surface area contributed by atoms with Gasteiger partial charge in [0.05, 0.1) is 6.61 Å². The molecule has 0 spiro atoms. The predicted octanol–water partition coefficient (Wildman–Crippen LogP) is 3.15. The van der Waals surface area contributed by atoms with Crippen LogP contribution in [-0.2, 0) is 6.42 Å². The lowest BCUT2D eigenvalue weighted by molar-refractivity contribution is 0.298. The van der Waals surface area contributed by atoms with Crippen LogP contribution in [0.15, 0.2) is 0 Å². The molecule has 1 aromatic heterocycles. The van der Waals surface area contributed by atoms with Gasteiger partial charge < -0.3 is 15.8 Å². The van der Waals surface area contributed by atoms with Crippen LogP contribution < -0.4 is 15.8 Å². The van der Waals surface area contributed by atoms with Crippen molar-refractivity contribution in [2.45, 2.75) is 64.8 Å². The molecule has 1 heterocycles. The normalized spacial score (nSPS) is 15.5. The molecule has 2 rings (SSSR count). The molecule has 0 bridgehead atoms. The molecule has 0 aromatic carbocycles. The maximum Gasteiger partial charge on any atom is 0.242 e. The van der Waals surface area contributed by atoms with Gasteiger partial charge in [-0.15, -0.1) is 0 Å². The lowest BCUT2D eigenvalue weighted by atomic mass is 10.2. The first-order valence-corrected chi connectivity index (χ1v) is 7.80. The van der Waals surface area contributed by atoms with Gasteiger partial charge in [-0.05, 0) is 19.3 Å². The van der Waals surface area contributed by atoms with Crippen molar-refractivity contribution in [2.24, 2.45) is 0 Å². The van der Waals surface area contributed by atoms with Crippen molar-refractivity contribution >= 4 is 11.5 Å². The van der Waals surface area contributed by atoms with Gasteiger partial charge in [0.1, 0.15) is 11.5 Å². The number of unbranched alkanes of at least 4 members (excludes halogenated alkanes) is 1. The van der Waals surface area contributed by atoms with E-state index in [1.54, 1.807) is 0 Å². The summed E-state index contributed by atoms with van der Waals surface area (Å²) in [5.74, 6) is 2.06. The summed E-state index contributed by atoms with van der Waals surface area (Å²) in [6.45, 7) is 4.83. The van der Waals surface area contributed by atoms with Crippen molar-refractivity contribution in [1.82, 2.24) is 9.97 Å². The summed E-state index contributed by atoms with van der Waals surface area (Å²) in [5, 5.41) is 3.46. The number of nitrogens with zero attached hydrogens (tertiary/aromatic N) is 2. The van der Waals surface area contributed by atoms with Gasteiger partial charge in [-0.3, -0.25) is 0 Å². The number of nitrogens with two attached hydrogens (primary N) is 1. The molecule has 0 unspecified atom stereocenters. The first kappa shape index (κ1) is 14.9. The summed E-state index contributed by atoms with van der Waals surface area (Å²) in [6.07, 6.45) is 7.83. The second-order valence-electron chi connectivity index (χ2n) is 5.39. The van der Waals surface area contributed by atoms with Crippen LogP contribution in [0.1, 0.15) is 58.2 Å². The van der Waals surface area contributed by atoms with E-state index in [9.17, 15) is 0 Å². The van der Waals surface area contributed by atoms with E-state index in [0.717, 1.165) is 30.9 Å². The lowest BCUT2D eigenvalue weighted by Gasteiger charge is -2.17. The Hall–Kier alpha value is -1.52. The highest BCUT2D eigenvalue weighted by atomic mass is 16.5. The summed E-state index contributed by atoms with van der Waals surface area (Å²) in [6, 6.07) is 0.486. The third-order valence-electron chi connectivity index (χ3n) is 3.71. The van der Waals surface area contributed by atoms with E-state index in [1.165, 1.54) is 25.7 Å². The quantitative estimate of drug-likeness (QED) is 0.749. The maximum atomic E-state index is 6.15. The zero-order valence-electron chi connectivity index (χ0n) is 12.6. The van der Waals surface area contributed by atoms with Crippen molar-refractivity contribution in [1.29, 1.82) is 0 Å². The molecule has 5 heteroatoms. The third-order valence-corrected chi connectivity index (χ3v) is 3.71. The van der Waals surface area contributed by atoms with Crippen LogP contribution >= 0.6 is 0 Å². The van der Waals surface area contributed by atoms with Gasteiger partial charge in [0.25, 0.3) is 0 Å². The number of nitrogen functional groups attached to an aromatic ring is 1. The molecule has 0 saturated heterocycles. The topological polar surface area (TPSA) is 73.1 Å². The molecule has 1 aliphatic carbocycles. The highest BCUT2D eigenvalue weighted by Crippen LogP contribution is 2.29. The van der Waals surface area contributed by atoms with Gasteiger partial charge in [-0.2, -0.15) is 4.98 Å². The fourth-order valence-corrected chi connectivity index (χ4v) is 2.45. The molecule has 20 heavy (non-hydrogen) atoms. The maximum absolute atomic E-state index is 6.15. The summed E-state index contributed by atoms with van der Waals surface area (Å²) >= 11 is 0. The monoisotopic (exact) mass is 278 g/mol. The number of anilines is 2. The number of rotatable bonds is 7. The van der Waals surface area contributed by atoms with Gasteiger partial charge in [0, 0.05) is 12.5 Å². The van der Waals surface area contributed by atoms with Crippen LogP contribution in [-0.4, -0.2) is 22.6 Å². The Balaban J connectivity index is 2.13. The highest BCUT2D eigenvalue weighted by molar-refractivity contribution is 5.67. The molecule has 1 aromatic rings. The van der Waals surface area contributed by atoms with E-state index in [-0.39, 0.29) is 0 Å². The number of ether oxygens (including phenoxy) is 1. The highest BCUT2D eigenvalue weighted by Gasteiger charge is 2.19. The lowest BCUT2D eigenvalue weighted by Crippen LogP contribution is -2.18. The minimum Gasteiger partial charge on any atom is -0.476 e. The molecule has 1 aliphatic rings. The first-order chi connectivity index (χ1) is 9.74. The molecule has 5 nitrogen and oxygen atoms in total. The molecule has 112 valence electrons. The molecule has 1 saturated carbocycles. The zero-order valence-corrected chi connectivity index (χ0v) is 12.6. The van der Waals surface area contributed by atoms with E-state index >= 15 is 0 Å². The second kappa shape index (κ2) is 7.31. The first-order valence-electron chi connectivity index (χ1n) is 7.80. The predicted molar refractivity (Wildman–Crippen MR) is 82.1 cm³/mol. The molecule has 0 radical (unpaired) electrons. The smallest absolute Gasteiger partial charge is 0.242 e. The van der Waals surface area contributed by atoms with E-state index in [1.807, 2.05) is 6.92 Å². The SMILES string of the molecule is CCCCOc1nc(CC)nc(NC2CCCC2)c1N. The van der Waals surface area contributed by atoms with Crippen LogP contribution in [0.25, 0.3) is 0 Å². The Kier molecular flexibility index (Phi) is 5.44. The molecule has 0 aliphatic heterocycles. The minimum atomic E-state index is 0.486. The van der Waals surface area contributed by atoms with Gasteiger partial charge >= 0.3 is 0 Å². The molecule has 0 amide bonds. The number of hydrogen-bond acceptors (Lipinski definition) is 5. The Morgan fingerprint density at radius 3 is 2.65 bits per heavy atom. The van der Waals surface area contributed by atoms with Crippen LogP contribution in [0.5, 0.6) is 5.88 Å². The van der Waals surface area contributed by atoms with Crippen LogP contribution in [0.3, 0.4) is 0 Å². The Bertz CT molecular complexity index is 430. The summed E-state index contributed by atoms with van der Waals surface area (Å²) < 4.78 is 5.71. The standard InChI is InChI=1S/C15H26N4O/c1-3-5-10-20-15-13(16)14(18-12(4-2)19-15)17-11-8-6-7-9-11/h11H,3-10,16H2,1-2H3,(H,17,18,19). The number of aryl methyl sites for hydroxylation is 1. The van der Waals surface area contributed by atoms with Gasteiger partial charge in [-0.1, -0.05) is 33.1 Å². The number of nitrogens with one attached hydrogen (secondary N) is 1. The Labute approximate surface area is 121 Å². The third kappa shape index (κ3) is 3.74. The molecular weight excluding hydrogens is 252 g/mol. The molecule has 1 fully saturated rings. The van der Waals surface area contributed by atoms with Crippen molar-refractivity contribution in [3.05, 3.63) is 5.82 Å². The van der Waals surface area contributed by atoms with E-state index in [0.29, 0.717) is 24.2 Å². The van der Waals surface area contributed by atoms with E-state index in [4.69, 9.17) is 10.5 Å². The molecule has 3 N–H and O–H groups in total. The van der Waals surface area contributed by atoms with Crippen LogP contribution in [0.4, 0.5) is 11.5 Å². The van der Waals surface area contributed by atoms with E-state index in [2.05, 4.69) is 22.2 Å². The summed E-state index contributed by atoms with van der Waals surface area (Å²) in [5.41, 5.74) is 6.70. The summed E-state index contributed by atoms with van der Waals surface area (Å²) in [7, 11) is 0. The van der Waals surface area contributed by atoms with Gasteiger partial charge in [0.15, 0.2) is 5.82 Å². The van der Waals surface area contributed by atoms with Crippen molar-refractivity contribution < 1.29 is 4.74 Å². The van der Waals surface area contributed by atoms with Crippen molar-refractivity contribution in [2.75, 3.05) is 17.7 Å². The average Bonchev–Trinajstić information content (AvgIpc) is 2.96. The summed E-state index contributed by atoms with van der Waals surface area (Å²) in [4.78, 5) is 8.92. The Morgan fingerprint density at radius 2 is 2.00 bits per heavy atom. The molecule has 0 atom stereocenters. The van der Waals surface area contributed by atoms with Crippen LogP contribution in [0, 0.1) is 0 Å². The average molecular weight is 278 g/mol. The largest absolute Gasteiger partial charge is 0.476 e. The van der Waals surface area contributed by atoms with Crippen molar-refractivity contribution in [3.8, 4) is 5.88 Å². The van der Waals surface area contributed by atoms with Gasteiger partial charge in [0.2, 0.25) is 5.88 Å². The minimum absolute atomic E-state index is 0.486. The van der Waals surface area contributed by atoms with Gasteiger partial charge in [-0.25, -0.2) is 4.98 Å². The van der Waals surface area contributed by atoms with Crippen molar-refractivity contribution in [3.63, 3.8) is 0 Å². The molecular formula is C15H26N4O.